The van der Waals surface area contributed by atoms with Crippen molar-refractivity contribution in [1.29, 1.82) is 5.26 Å². The summed E-state index contributed by atoms with van der Waals surface area (Å²) in [6.45, 7) is 0.981. The van der Waals surface area contributed by atoms with Crippen LogP contribution in [0.4, 0.5) is 14.9 Å². The lowest BCUT2D eigenvalue weighted by molar-refractivity contribution is 0.191. The highest BCUT2D eigenvalue weighted by atomic mass is 19.1. The van der Waals surface area contributed by atoms with Gasteiger partial charge in [0.15, 0.2) is 5.82 Å². The van der Waals surface area contributed by atoms with Crippen molar-refractivity contribution in [3.63, 3.8) is 0 Å². The molecule has 2 rings (SSSR count). The number of carbonyl (C=O) groups is 1. The molecule has 1 heterocycles. The molecule has 5 nitrogen and oxygen atoms in total. The maximum Gasteiger partial charge on any atom is 0.404 e. The van der Waals surface area contributed by atoms with Crippen LogP contribution in [0.5, 0.6) is 0 Å². The molecule has 0 radical (unpaired) electrons. The Bertz CT molecular complexity index is 513. The number of rotatable bonds is 2. The molecular formula is C12H12FN3O2. The number of nitriles is 1. The first kappa shape index (κ1) is 12.2. The van der Waals surface area contributed by atoms with E-state index >= 15 is 0 Å². The van der Waals surface area contributed by atoms with Crippen LogP contribution >= 0.6 is 0 Å². The molecule has 0 spiro atoms. The zero-order valence-electron chi connectivity index (χ0n) is 9.56. The quantitative estimate of drug-likeness (QED) is 0.833. The van der Waals surface area contributed by atoms with Crippen molar-refractivity contribution in [1.82, 2.24) is 5.32 Å². The Labute approximate surface area is 103 Å². The molecule has 6 heteroatoms. The number of anilines is 1. The SMILES string of the molecule is N#Cc1cccc(N2CC[C@@H](NC(=O)O)C2)c1F. The lowest BCUT2D eigenvalue weighted by Crippen LogP contribution is -2.36. The minimum atomic E-state index is -1.08. The van der Waals surface area contributed by atoms with Gasteiger partial charge in [-0.2, -0.15) is 5.26 Å². The van der Waals surface area contributed by atoms with E-state index < -0.39 is 11.9 Å². The first-order valence-electron chi connectivity index (χ1n) is 5.55. The summed E-state index contributed by atoms with van der Waals surface area (Å²) in [5.41, 5.74) is 0.353. The van der Waals surface area contributed by atoms with Gasteiger partial charge in [0.05, 0.1) is 17.3 Å². The van der Waals surface area contributed by atoms with Crippen LogP contribution in [0, 0.1) is 17.1 Å². The monoisotopic (exact) mass is 249 g/mol. The summed E-state index contributed by atoms with van der Waals surface area (Å²) in [5.74, 6) is -0.545. The van der Waals surface area contributed by atoms with Crippen LogP contribution in [0.1, 0.15) is 12.0 Å². The number of amides is 1. The van der Waals surface area contributed by atoms with Crippen LogP contribution in [0.15, 0.2) is 18.2 Å². The molecular weight excluding hydrogens is 237 g/mol. The van der Waals surface area contributed by atoms with E-state index in [4.69, 9.17) is 10.4 Å². The highest BCUT2D eigenvalue weighted by Gasteiger charge is 2.26. The molecule has 0 bridgehead atoms. The fourth-order valence-corrected chi connectivity index (χ4v) is 2.12. The van der Waals surface area contributed by atoms with E-state index in [1.807, 2.05) is 0 Å². The first-order valence-corrected chi connectivity index (χ1v) is 5.55. The molecule has 1 aliphatic heterocycles. The smallest absolute Gasteiger partial charge is 0.404 e. The molecule has 0 aliphatic carbocycles. The molecule has 0 saturated carbocycles. The highest BCUT2D eigenvalue weighted by Crippen LogP contribution is 2.25. The van der Waals surface area contributed by atoms with E-state index in [0.29, 0.717) is 25.2 Å². The Morgan fingerprint density at radius 3 is 3.06 bits per heavy atom. The predicted molar refractivity (Wildman–Crippen MR) is 62.9 cm³/mol. The second-order valence-corrected chi connectivity index (χ2v) is 4.13. The third kappa shape index (κ3) is 2.35. The molecule has 1 amide bonds. The zero-order valence-corrected chi connectivity index (χ0v) is 9.56. The van der Waals surface area contributed by atoms with Gasteiger partial charge in [0.2, 0.25) is 0 Å². The number of carboxylic acid groups (broad SMARTS) is 1. The van der Waals surface area contributed by atoms with E-state index in [9.17, 15) is 9.18 Å². The molecule has 1 aromatic carbocycles. The van der Waals surface area contributed by atoms with E-state index in [0.717, 1.165) is 0 Å². The normalized spacial score (nSPS) is 18.4. The van der Waals surface area contributed by atoms with Gasteiger partial charge < -0.3 is 15.3 Å². The molecule has 18 heavy (non-hydrogen) atoms. The van der Waals surface area contributed by atoms with Gasteiger partial charge in [0.1, 0.15) is 6.07 Å². The zero-order chi connectivity index (χ0) is 13.1. The maximum atomic E-state index is 13.9. The van der Waals surface area contributed by atoms with Crippen LogP contribution in [0.2, 0.25) is 0 Å². The standard InChI is InChI=1S/C12H12FN3O2/c13-11-8(6-14)2-1-3-10(11)16-5-4-9(7-16)15-12(17)18/h1-3,9,15H,4-5,7H2,(H,17,18)/t9-/m1/s1. The van der Waals surface area contributed by atoms with Gasteiger partial charge in [-0.15, -0.1) is 0 Å². The van der Waals surface area contributed by atoms with E-state index in [-0.39, 0.29) is 11.6 Å². The average Bonchev–Trinajstić information content (AvgIpc) is 2.76. The Hall–Kier alpha value is -2.29. The second kappa shape index (κ2) is 4.92. The topological polar surface area (TPSA) is 76.4 Å². The Kier molecular flexibility index (Phi) is 3.33. The van der Waals surface area contributed by atoms with Crippen molar-refractivity contribution >= 4 is 11.8 Å². The third-order valence-electron chi connectivity index (χ3n) is 2.96. The largest absolute Gasteiger partial charge is 0.465 e. The summed E-state index contributed by atoms with van der Waals surface area (Å²) in [6.07, 6.45) is -0.448. The third-order valence-corrected chi connectivity index (χ3v) is 2.96. The van der Waals surface area contributed by atoms with E-state index in [2.05, 4.69) is 5.32 Å². The number of nitrogens with zero attached hydrogens (tertiary/aromatic N) is 2. The fraction of sp³-hybridized carbons (Fsp3) is 0.333. The number of hydrogen-bond acceptors (Lipinski definition) is 3. The number of hydrogen-bond donors (Lipinski definition) is 2. The summed E-state index contributed by atoms with van der Waals surface area (Å²) in [6, 6.07) is 6.22. The van der Waals surface area contributed by atoms with Gasteiger partial charge in [-0.1, -0.05) is 6.07 Å². The van der Waals surface area contributed by atoms with Crippen LogP contribution < -0.4 is 10.2 Å². The minimum absolute atomic E-state index is 0.00198. The second-order valence-electron chi connectivity index (χ2n) is 4.13. The fourth-order valence-electron chi connectivity index (χ4n) is 2.12. The summed E-state index contributed by atoms with van der Waals surface area (Å²) >= 11 is 0. The van der Waals surface area contributed by atoms with Crippen molar-refractivity contribution < 1.29 is 14.3 Å². The number of halogens is 1. The van der Waals surface area contributed by atoms with E-state index in [1.165, 1.54) is 6.07 Å². The predicted octanol–water partition coefficient (Wildman–Crippen LogP) is 1.54. The van der Waals surface area contributed by atoms with Crippen LogP contribution in [0.3, 0.4) is 0 Å². The number of nitrogens with one attached hydrogen (secondary N) is 1. The molecule has 1 fully saturated rings. The molecule has 94 valence electrons. The van der Waals surface area contributed by atoms with Crippen molar-refractivity contribution in [3.8, 4) is 6.07 Å². The molecule has 0 aromatic heterocycles. The lowest BCUT2D eigenvalue weighted by atomic mass is 10.2. The maximum absolute atomic E-state index is 13.9. The summed E-state index contributed by atoms with van der Waals surface area (Å²) in [4.78, 5) is 12.3. The number of benzene rings is 1. The van der Waals surface area contributed by atoms with Crippen molar-refractivity contribution in [2.75, 3.05) is 18.0 Å². The summed E-state index contributed by atoms with van der Waals surface area (Å²) in [7, 11) is 0. The highest BCUT2D eigenvalue weighted by molar-refractivity contribution is 5.65. The Morgan fingerprint density at radius 2 is 2.39 bits per heavy atom. The van der Waals surface area contributed by atoms with Gasteiger partial charge in [-0.25, -0.2) is 9.18 Å². The van der Waals surface area contributed by atoms with Gasteiger partial charge in [0, 0.05) is 13.1 Å². The summed E-state index contributed by atoms with van der Waals surface area (Å²) in [5, 5.41) is 19.8. The van der Waals surface area contributed by atoms with Gasteiger partial charge in [-0.3, -0.25) is 0 Å². The van der Waals surface area contributed by atoms with Crippen molar-refractivity contribution in [2.45, 2.75) is 12.5 Å². The van der Waals surface area contributed by atoms with Crippen LogP contribution in [-0.2, 0) is 0 Å². The molecule has 1 saturated heterocycles. The van der Waals surface area contributed by atoms with Gasteiger partial charge in [-0.05, 0) is 18.6 Å². The average molecular weight is 249 g/mol. The van der Waals surface area contributed by atoms with Crippen molar-refractivity contribution in [2.24, 2.45) is 0 Å². The minimum Gasteiger partial charge on any atom is -0.465 e. The Morgan fingerprint density at radius 1 is 1.61 bits per heavy atom. The summed E-state index contributed by atoms with van der Waals surface area (Å²) < 4.78 is 13.9. The molecule has 1 atom stereocenters. The molecule has 0 unspecified atom stereocenters. The molecule has 1 aliphatic rings. The van der Waals surface area contributed by atoms with Crippen LogP contribution in [-0.4, -0.2) is 30.3 Å². The Balaban J connectivity index is 2.15. The molecule has 1 aromatic rings. The lowest BCUT2D eigenvalue weighted by Gasteiger charge is -2.19. The first-order chi connectivity index (χ1) is 8.61. The van der Waals surface area contributed by atoms with Gasteiger partial charge in [0.25, 0.3) is 0 Å². The van der Waals surface area contributed by atoms with E-state index in [1.54, 1.807) is 23.1 Å². The van der Waals surface area contributed by atoms with Gasteiger partial charge >= 0.3 is 6.09 Å². The van der Waals surface area contributed by atoms with Crippen LogP contribution in [0.25, 0.3) is 0 Å². The van der Waals surface area contributed by atoms with Crippen molar-refractivity contribution in [3.05, 3.63) is 29.6 Å². The molecule has 2 N–H and O–H groups in total.